The Morgan fingerprint density at radius 3 is 2.81 bits per heavy atom. The standard InChI is InChI=1S/C22H29N3O2/c1-22(2,26)20-13-17(9-8-16-6-7-16)10-11-19(20)21(25-23)15-24-14-18-5-3-4-12-27-18/h10-11,13,15-16,18,26H,3-7,12,14,23H2,1-2H3/p+1/b24-15?,25-21+. The van der Waals surface area contributed by atoms with E-state index in [1.165, 1.54) is 19.3 Å². The lowest BCUT2D eigenvalue weighted by Gasteiger charge is -2.21. The maximum absolute atomic E-state index is 10.7. The predicted octanol–water partition coefficient (Wildman–Crippen LogP) is 1.06. The highest BCUT2D eigenvalue weighted by Gasteiger charge is 2.24. The van der Waals surface area contributed by atoms with Crippen LogP contribution in [0.4, 0.5) is 0 Å². The summed E-state index contributed by atoms with van der Waals surface area (Å²) in [6, 6.07) is 5.84. The van der Waals surface area contributed by atoms with Crippen LogP contribution in [0.3, 0.4) is 0 Å². The number of nitrogens with one attached hydrogen (secondary N) is 1. The molecular formula is C22H30N3O2+. The van der Waals surface area contributed by atoms with E-state index >= 15 is 0 Å². The molecule has 4 N–H and O–H groups in total. The van der Waals surface area contributed by atoms with E-state index in [0.717, 1.165) is 42.7 Å². The highest BCUT2D eigenvalue weighted by Crippen LogP contribution is 2.28. The van der Waals surface area contributed by atoms with Crippen LogP contribution in [-0.4, -0.2) is 36.3 Å². The van der Waals surface area contributed by atoms with Gasteiger partial charge in [-0.2, -0.15) is 5.10 Å². The van der Waals surface area contributed by atoms with Crippen LogP contribution in [0.25, 0.3) is 0 Å². The Labute approximate surface area is 161 Å². The fourth-order valence-electron chi connectivity index (χ4n) is 3.20. The monoisotopic (exact) mass is 368 g/mol. The Morgan fingerprint density at radius 1 is 1.37 bits per heavy atom. The second kappa shape index (κ2) is 8.69. The normalized spacial score (nSPS) is 21.1. The van der Waals surface area contributed by atoms with Crippen LogP contribution in [0, 0.1) is 17.8 Å². The molecule has 2 aliphatic rings. The first kappa shape index (κ1) is 19.6. The van der Waals surface area contributed by atoms with E-state index in [0.29, 0.717) is 11.6 Å². The Bertz CT molecular complexity index is 771. The van der Waals surface area contributed by atoms with Gasteiger partial charge in [-0.05, 0) is 63.6 Å². The summed E-state index contributed by atoms with van der Waals surface area (Å²) in [7, 11) is 0. The highest BCUT2D eigenvalue weighted by molar-refractivity contribution is 6.36. The molecule has 1 aromatic rings. The number of aliphatic hydroxyl groups is 1. The van der Waals surface area contributed by atoms with Gasteiger partial charge in [0, 0.05) is 23.7 Å². The lowest BCUT2D eigenvalue weighted by molar-refractivity contribution is -0.465. The van der Waals surface area contributed by atoms with Gasteiger partial charge in [0.1, 0.15) is 6.10 Å². The fraction of sp³-hybridized carbons (Fsp3) is 0.545. The minimum atomic E-state index is -1.02. The third-order valence-electron chi connectivity index (χ3n) is 4.95. The van der Waals surface area contributed by atoms with Gasteiger partial charge in [0.25, 0.3) is 0 Å². The maximum Gasteiger partial charge on any atom is 0.190 e. The first-order valence-electron chi connectivity index (χ1n) is 9.82. The zero-order valence-corrected chi connectivity index (χ0v) is 16.3. The van der Waals surface area contributed by atoms with Gasteiger partial charge in [0.15, 0.2) is 18.5 Å². The van der Waals surface area contributed by atoms with Crippen molar-refractivity contribution >= 4 is 11.9 Å². The smallest absolute Gasteiger partial charge is 0.190 e. The zero-order chi connectivity index (χ0) is 19.3. The summed E-state index contributed by atoms with van der Waals surface area (Å²) < 4.78 is 5.74. The molecule has 1 aliphatic heterocycles. The van der Waals surface area contributed by atoms with Crippen molar-refractivity contribution in [2.24, 2.45) is 16.9 Å². The van der Waals surface area contributed by atoms with E-state index in [4.69, 9.17) is 10.6 Å². The molecule has 1 aliphatic carbocycles. The number of hydrogen-bond acceptors (Lipinski definition) is 4. The van der Waals surface area contributed by atoms with E-state index in [2.05, 4.69) is 21.9 Å². The topological polar surface area (TPSA) is 81.8 Å². The van der Waals surface area contributed by atoms with Crippen molar-refractivity contribution in [2.45, 2.75) is 57.7 Å². The minimum absolute atomic E-state index is 0.225. The van der Waals surface area contributed by atoms with Crippen LogP contribution in [0.2, 0.25) is 0 Å². The summed E-state index contributed by atoms with van der Waals surface area (Å²) in [4.78, 5) is 3.28. The lowest BCUT2D eigenvalue weighted by atomic mass is 9.89. The van der Waals surface area contributed by atoms with E-state index in [-0.39, 0.29) is 6.10 Å². The van der Waals surface area contributed by atoms with Crippen molar-refractivity contribution in [2.75, 3.05) is 13.2 Å². The van der Waals surface area contributed by atoms with Gasteiger partial charge < -0.3 is 15.7 Å². The maximum atomic E-state index is 10.7. The van der Waals surface area contributed by atoms with Gasteiger partial charge in [0.2, 0.25) is 0 Å². The molecule has 1 heterocycles. The number of nitrogens with two attached hydrogens (primary N) is 1. The van der Waals surface area contributed by atoms with E-state index in [9.17, 15) is 5.11 Å². The van der Waals surface area contributed by atoms with E-state index < -0.39 is 5.60 Å². The number of hydrogen-bond donors (Lipinski definition) is 3. The summed E-state index contributed by atoms with van der Waals surface area (Å²) in [5.41, 5.74) is 2.05. The molecule has 0 aromatic heterocycles. The Balaban J connectivity index is 1.80. The van der Waals surface area contributed by atoms with Crippen LogP contribution >= 0.6 is 0 Å². The third kappa shape index (κ3) is 5.66. The predicted molar refractivity (Wildman–Crippen MR) is 107 cm³/mol. The minimum Gasteiger partial charge on any atom is -0.386 e. The van der Waals surface area contributed by atoms with Crippen molar-refractivity contribution in [3.8, 4) is 11.8 Å². The van der Waals surface area contributed by atoms with E-state index in [1.54, 1.807) is 20.1 Å². The molecule has 0 amide bonds. The average molecular weight is 369 g/mol. The summed E-state index contributed by atoms with van der Waals surface area (Å²) in [5, 5.41) is 14.6. The molecule has 5 heteroatoms. The molecule has 0 radical (unpaired) electrons. The summed E-state index contributed by atoms with van der Waals surface area (Å²) in [6.45, 7) is 5.08. The summed E-state index contributed by atoms with van der Waals surface area (Å²) in [6.07, 6.45) is 7.83. The van der Waals surface area contributed by atoms with Crippen LogP contribution in [0.1, 0.15) is 62.6 Å². The van der Waals surface area contributed by atoms with Gasteiger partial charge in [-0.1, -0.05) is 17.9 Å². The molecule has 3 rings (SSSR count). The van der Waals surface area contributed by atoms with Crippen molar-refractivity contribution in [3.05, 3.63) is 34.9 Å². The molecule has 1 unspecified atom stereocenters. The average Bonchev–Trinajstić information content (AvgIpc) is 3.48. The van der Waals surface area contributed by atoms with Crippen molar-refractivity contribution in [1.82, 2.24) is 0 Å². The SMILES string of the molecule is CC(C)(O)c1cc(C#CC2CC2)ccc1/C(C=[NH+]CC1CCCCO1)=N/N. The molecule has 144 valence electrons. The van der Waals surface area contributed by atoms with Crippen molar-refractivity contribution < 1.29 is 14.8 Å². The Hall–Kier alpha value is -2.16. The Kier molecular flexibility index (Phi) is 6.30. The number of hydrazone groups is 1. The second-order valence-electron chi connectivity index (χ2n) is 7.92. The molecule has 1 atom stereocenters. The van der Waals surface area contributed by atoms with Gasteiger partial charge in [-0.25, -0.2) is 4.99 Å². The van der Waals surface area contributed by atoms with Crippen LogP contribution in [0.5, 0.6) is 0 Å². The van der Waals surface area contributed by atoms with E-state index in [1.807, 2.05) is 18.2 Å². The highest BCUT2D eigenvalue weighted by atomic mass is 16.5. The molecule has 0 spiro atoms. The molecule has 1 saturated heterocycles. The first-order valence-corrected chi connectivity index (χ1v) is 9.82. The van der Waals surface area contributed by atoms with Gasteiger partial charge >= 0.3 is 0 Å². The second-order valence-corrected chi connectivity index (χ2v) is 7.92. The molecule has 2 fully saturated rings. The first-order chi connectivity index (χ1) is 13.0. The summed E-state index contributed by atoms with van der Waals surface area (Å²) >= 11 is 0. The van der Waals surface area contributed by atoms with Gasteiger partial charge in [0.05, 0.1) is 5.60 Å². The van der Waals surface area contributed by atoms with Crippen LogP contribution in [-0.2, 0) is 10.3 Å². The molecule has 1 saturated carbocycles. The molecule has 0 bridgehead atoms. The number of benzene rings is 1. The molecule has 1 aromatic carbocycles. The van der Waals surface area contributed by atoms with Gasteiger partial charge in [-0.15, -0.1) is 0 Å². The number of rotatable bonds is 5. The van der Waals surface area contributed by atoms with Crippen LogP contribution in [0.15, 0.2) is 23.3 Å². The third-order valence-corrected chi connectivity index (χ3v) is 4.95. The summed E-state index contributed by atoms with van der Waals surface area (Å²) in [5.74, 6) is 12.7. The largest absolute Gasteiger partial charge is 0.386 e. The molecule has 27 heavy (non-hydrogen) atoms. The Morgan fingerprint density at radius 2 is 2.19 bits per heavy atom. The zero-order valence-electron chi connectivity index (χ0n) is 16.3. The van der Waals surface area contributed by atoms with Gasteiger partial charge in [-0.3, -0.25) is 0 Å². The van der Waals surface area contributed by atoms with Crippen LogP contribution < -0.4 is 10.8 Å². The molecule has 5 nitrogen and oxygen atoms in total. The number of nitrogens with zero attached hydrogens (tertiary/aromatic N) is 1. The van der Waals surface area contributed by atoms with Crippen molar-refractivity contribution in [3.63, 3.8) is 0 Å². The lowest BCUT2D eigenvalue weighted by Crippen LogP contribution is -2.73. The number of ether oxygens (including phenoxy) is 1. The quantitative estimate of drug-likeness (QED) is 0.315. The fourth-order valence-corrected chi connectivity index (χ4v) is 3.20. The van der Waals surface area contributed by atoms with Crippen molar-refractivity contribution in [1.29, 1.82) is 0 Å². The molecular weight excluding hydrogens is 338 g/mol.